The maximum absolute atomic E-state index is 4.23. The van der Waals surface area contributed by atoms with Crippen molar-refractivity contribution in [1.29, 1.82) is 0 Å². The Kier molecular flexibility index (Phi) is 5.38. The molecule has 0 aliphatic heterocycles. The van der Waals surface area contributed by atoms with Crippen molar-refractivity contribution < 1.29 is 0 Å². The molecule has 102 valence electrons. The molecule has 1 N–H and O–H groups in total. The number of hydrogen-bond donors (Lipinski definition) is 1. The predicted octanol–water partition coefficient (Wildman–Crippen LogP) is 2.98. The van der Waals surface area contributed by atoms with E-state index in [1.165, 1.54) is 50.2 Å². The van der Waals surface area contributed by atoms with Gasteiger partial charge in [0.2, 0.25) is 0 Å². The summed E-state index contributed by atoms with van der Waals surface area (Å²) in [6.07, 6.45) is 7.07. The molecule has 1 aromatic rings. The van der Waals surface area contributed by atoms with Crippen LogP contribution >= 0.6 is 11.5 Å². The molecule has 1 aliphatic rings. The first kappa shape index (κ1) is 13.7. The van der Waals surface area contributed by atoms with Crippen LogP contribution in [0.3, 0.4) is 0 Å². The van der Waals surface area contributed by atoms with E-state index in [9.17, 15) is 0 Å². The van der Waals surface area contributed by atoms with Crippen LogP contribution in [0.4, 0.5) is 5.00 Å². The monoisotopic (exact) mass is 268 g/mol. The first-order valence-electron chi connectivity index (χ1n) is 7.03. The molecule has 0 saturated heterocycles. The zero-order chi connectivity index (χ0) is 12.8. The van der Waals surface area contributed by atoms with Crippen LogP contribution in [-0.4, -0.2) is 34.6 Å². The van der Waals surface area contributed by atoms with Crippen molar-refractivity contribution in [1.82, 2.24) is 14.5 Å². The van der Waals surface area contributed by atoms with Crippen molar-refractivity contribution >= 4 is 16.5 Å². The van der Waals surface area contributed by atoms with Crippen molar-refractivity contribution in [2.45, 2.75) is 45.6 Å². The number of aromatic nitrogens is 2. The van der Waals surface area contributed by atoms with Gasteiger partial charge in [-0.2, -0.15) is 0 Å². The maximum atomic E-state index is 4.23. The van der Waals surface area contributed by atoms with Gasteiger partial charge in [-0.05, 0) is 32.7 Å². The van der Waals surface area contributed by atoms with Crippen LogP contribution in [0.25, 0.3) is 0 Å². The molecule has 0 bridgehead atoms. The standard InChI is InChI=1S/C13H24N4S/c1-3-14-13-12(15-16-18-13)10-17(2)9-11-7-5-4-6-8-11/h11,14H,3-10H2,1-2H3. The molecule has 1 fully saturated rings. The van der Waals surface area contributed by atoms with Crippen molar-refractivity contribution in [3.05, 3.63) is 5.69 Å². The molecule has 18 heavy (non-hydrogen) atoms. The third kappa shape index (κ3) is 3.92. The van der Waals surface area contributed by atoms with Crippen molar-refractivity contribution in [2.24, 2.45) is 5.92 Å². The fourth-order valence-electron chi connectivity index (χ4n) is 2.74. The average Bonchev–Trinajstić information content (AvgIpc) is 2.78. The second kappa shape index (κ2) is 7.04. The zero-order valence-corrected chi connectivity index (χ0v) is 12.3. The van der Waals surface area contributed by atoms with Crippen molar-refractivity contribution in [3.63, 3.8) is 0 Å². The van der Waals surface area contributed by atoms with Crippen molar-refractivity contribution in [3.8, 4) is 0 Å². The van der Waals surface area contributed by atoms with Gasteiger partial charge in [-0.1, -0.05) is 23.8 Å². The van der Waals surface area contributed by atoms with E-state index in [-0.39, 0.29) is 0 Å². The van der Waals surface area contributed by atoms with E-state index >= 15 is 0 Å². The Balaban J connectivity index is 1.82. The molecule has 1 aliphatic carbocycles. The largest absolute Gasteiger partial charge is 0.374 e. The summed E-state index contributed by atoms with van der Waals surface area (Å²) < 4.78 is 4.04. The molecular weight excluding hydrogens is 244 g/mol. The highest BCUT2D eigenvalue weighted by molar-refractivity contribution is 7.10. The summed E-state index contributed by atoms with van der Waals surface area (Å²) in [6, 6.07) is 0. The smallest absolute Gasteiger partial charge is 0.134 e. The summed E-state index contributed by atoms with van der Waals surface area (Å²) in [5.41, 5.74) is 1.10. The molecule has 1 aromatic heterocycles. The quantitative estimate of drug-likeness (QED) is 0.861. The first-order valence-corrected chi connectivity index (χ1v) is 7.80. The minimum Gasteiger partial charge on any atom is -0.374 e. The molecule has 1 saturated carbocycles. The average molecular weight is 268 g/mol. The third-order valence-corrected chi connectivity index (χ3v) is 4.33. The van der Waals surface area contributed by atoms with Crippen LogP contribution in [0, 0.1) is 5.92 Å². The lowest BCUT2D eigenvalue weighted by Gasteiger charge is -2.26. The van der Waals surface area contributed by atoms with Crippen molar-refractivity contribution in [2.75, 3.05) is 25.5 Å². The highest BCUT2D eigenvalue weighted by Gasteiger charge is 2.17. The molecule has 0 radical (unpaired) electrons. The summed E-state index contributed by atoms with van der Waals surface area (Å²) >= 11 is 1.46. The van der Waals surface area contributed by atoms with Crippen LogP contribution in [0.15, 0.2) is 0 Å². The molecule has 2 rings (SSSR count). The minimum absolute atomic E-state index is 0.887. The van der Waals surface area contributed by atoms with Crippen LogP contribution < -0.4 is 5.32 Å². The molecule has 0 unspecified atom stereocenters. The Hall–Kier alpha value is -0.680. The fraction of sp³-hybridized carbons (Fsp3) is 0.846. The zero-order valence-electron chi connectivity index (χ0n) is 11.5. The van der Waals surface area contributed by atoms with Gasteiger partial charge < -0.3 is 10.2 Å². The van der Waals surface area contributed by atoms with E-state index in [0.29, 0.717) is 0 Å². The summed E-state index contributed by atoms with van der Waals surface area (Å²) in [6.45, 7) is 5.15. The van der Waals surface area contributed by atoms with Crippen LogP contribution in [-0.2, 0) is 6.54 Å². The summed E-state index contributed by atoms with van der Waals surface area (Å²) in [5.74, 6) is 0.887. The molecule has 0 atom stereocenters. The fourth-order valence-corrected chi connectivity index (χ4v) is 3.38. The van der Waals surface area contributed by atoms with E-state index in [1.807, 2.05) is 0 Å². The first-order chi connectivity index (χ1) is 8.79. The Bertz CT molecular complexity index is 347. The Labute approximate surface area is 114 Å². The van der Waals surface area contributed by atoms with Gasteiger partial charge in [-0.25, -0.2) is 0 Å². The van der Waals surface area contributed by atoms with Crippen LogP contribution in [0.2, 0.25) is 0 Å². The summed E-state index contributed by atoms with van der Waals surface area (Å²) in [7, 11) is 2.20. The van der Waals surface area contributed by atoms with Gasteiger partial charge in [0.15, 0.2) is 0 Å². The van der Waals surface area contributed by atoms with Gasteiger partial charge in [0.05, 0.1) is 0 Å². The SMILES string of the molecule is CCNc1snnc1CN(C)CC1CCCCC1. The Morgan fingerprint density at radius 1 is 1.33 bits per heavy atom. The summed E-state index contributed by atoms with van der Waals surface area (Å²) in [4.78, 5) is 2.40. The van der Waals surface area contributed by atoms with E-state index in [1.54, 1.807) is 0 Å². The lowest BCUT2D eigenvalue weighted by atomic mass is 9.89. The molecule has 4 nitrogen and oxygen atoms in total. The third-order valence-electron chi connectivity index (χ3n) is 3.61. The molecule has 5 heteroatoms. The lowest BCUT2D eigenvalue weighted by molar-refractivity contribution is 0.226. The van der Waals surface area contributed by atoms with Gasteiger partial charge in [0.1, 0.15) is 10.7 Å². The minimum atomic E-state index is 0.887. The van der Waals surface area contributed by atoms with Crippen LogP contribution in [0.1, 0.15) is 44.7 Å². The predicted molar refractivity (Wildman–Crippen MR) is 77.0 cm³/mol. The molecule has 0 spiro atoms. The lowest BCUT2D eigenvalue weighted by Crippen LogP contribution is -2.27. The number of hydrogen-bond acceptors (Lipinski definition) is 5. The highest BCUT2D eigenvalue weighted by atomic mass is 32.1. The molecule has 0 aromatic carbocycles. The maximum Gasteiger partial charge on any atom is 0.134 e. The number of nitrogens with one attached hydrogen (secondary N) is 1. The Morgan fingerprint density at radius 3 is 2.83 bits per heavy atom. The topological polar surface area (TPSA) is 41.1 Å². The van der Waals surface area contributed by atoms with Gasteiger partial charge in [-0.3, -0.25) is 0 Å². The number of rotatable bonds is 6. The van der Waals surface area contributed by atoms with E-state index < -0.39 is 0 Å². The van der Waals surface area contributed by atoms with Crippen LogP contribution in [0.5, 0.6) is 0 Å². The molecule has 1 heterocycles. The number of nitrogens with zero attached hydrogens (tertiary/aromatic N) is 3. The van der Waals surface area contributed by atoms with E-state index in [0.717, 1.165) is 29.7 Å². The van der Waals surface area contributed by atoms with E-state index in [2.05, 4.69) is 33.8 Å². The Morgan fingerprint density at radius 2 is 2.11 bits per heavy atom. The van der Waals surface area contributed by atoms with Gasteiger partial charge in [0.25, 0.3) is 0 Å². The van der Waals surface area contributed by atoms with Gasteiger partial charge in [-0.15, -0.1) is 5.10 Å². The normalized spacial score (nSPS) is 17.3. The molecule has 0 amide bonds. The number of anilines is 1. The van der Waals surface area contributed by atoms with Gasteiger partial charge in [0, 0.05) is 31.2 Å². The summed E-state index contributed by atoms with van der Waals surface area (Å²) in [5, 5.41) is 8.70. The molecular formula is C13H24N4S. The van der Waals surface area contributed by atoms with E-state index in [4.69, 9.17) is 0 Å². The van der Waals surface area contributed by atoms with Gasteiger partial charge >= 0.3 is 0 Å². The second-order valence-corrected chi connectivity index (χ2v) is 6.03. The highest BCUT2D eigenvalue weighted by Crippen LogP contribution is 2.25. The second-order valence-electron chi connectivity index (χ2n) is 5.28.